The van der Waals surface area contributed by atoms with E-state index in [1.807, 2.05) is 13.0 Å². The molecule has 6 heteroatoms. The zero-order valence-corrected chi connectivity index (χ0v) is 12.4. The molecule has 0 saturated carbocycles. The van der Waals surface area contributed by atoms with Gasteiger partial charge in [0.1, 0.15) is 11.6 Å². The lowest BCUT2D eigenvalue weighted by Gasteiger charge is -2.09. The minimum absolute atomic E-state index is 0.120. The number of pyridine rings is 1. The highest BCUT2D eigenvalue weighted by atomic mass is 16.1. The van der Waals surface area contributed by atoms with Crippen LogP contribution in [0.3, 0.4) is 0 Å². The second-order valence-electron chi connectivity index (χ2n) is 4.73. The number of imidazole rings is 1. The number of nitrogens with one attached hydrogen (secondary N) is 3. The number of carbonyl (C=O) groups is 1. The van der Waals surface area contributed by atoms with Gasteiger partial charge in [-0.2, -0.15) is 0 Å². The predicted molar refractivity (Wildman–Crippen MR) is 82.2 cm³/mol. The average Bonchev–Trinajstić information content (AvgIpc) is 2.98. The molecular weight excluding hydrogens is 266 g/mol. The Balaban J connectivity index is 2.10. The third kappa shape index (κ3) is 4.30. The van der Waals surface area contributed by atoms with Crippen LogP contribution in [0, 0.1) is 0 Å². The summed E-state index contributed by atoms with van der Waals surface area (Å²) in [5.74, 6) is 1.36. The van der Waals surface area contributed by atoms with Crippen molar-refractivity contribution in [2.45, 2.75) is 33.2 Å². The summed E-state index contributed by atoms with van der Waals surface area (Å²) in [5, 5.41) is 6.01. The van der Waals surface area contributed by atoms with Crippen LogP contribution < -0.4 is 10.6 Å². The Labute approximate surface area is 124 Å². The first kappa shape index (κ1) is 15.0. The van der Waals surface area contributed by atoms with E-state index >= 15 is 0 Å². The highest BCUT2D eigenvalue weighted by Crippen LogP contribution is 2.12. The molecule has 112 valence electrons. The maximum atomic E-state index is 12.2. The smallest absolute Gasteiger partial charge is 0.251 e. The minimum Gasteiger partial charge on any atom is -0.370 e. The molecule has 2 aromatic rings. The van der Waals surface area contributed by atoms with Crippen molar-refractivity contribution in [1.82, 2.24) is 20.3 Å². The number of rotatable bonds is 7. The molecule has 0 aliphatic rings. The number of aromatic nitrogens is 3. The van der Waals surface area contributed by atoms with E-state index in [-0.39, 0.29) is 5.91 Å². The van der Waals surface area contributed by atoms with Crippen LogP contribution in [0.2, 0.25) is 0 Å². The van der Waals surface area contributed by atoms with Crippen molar-refractivity contribution in [3.63, 3.8) is 0 Å². The molecule has 0 aliphatic carbocycles. The number of hydrogen-bond donors (Lipinski definition) is 3. The van der Waals surface area contributed by atoms with E-state index in [1.165, 1.54) is 0 Å². The van der Waals surface area contributed by atoms with Gasteiger partial charge in [-0.05, 0) is 25.5 Å². The Morgan fingerprint density at radius 1 is 1.33 bits per heavy atom. The van der Waals surface area contributed by atoms with Gasteiger partial charge in [-0.1, -0.05) is 13.3 Å². The summed E-state index contributed by atoms with van der Waals surface area (Å²) in [4.78, 5) is 23.8. The van der Waals surface area contributed by atoms with Gasteiger partial charge >= 0.3 is 0 Å². The Morgan fingerprint density at radius 2 is 2.19 bits per heavy atom. The van der Waals surface area contributed by atoms with Gasteiger partial charge in [-0.25, -0.2) is 9.97 Å². The molecule has 3 N–H and O–H groups in total. The molecule has 21 heavy (non-hydrogen) atoms. The number of aromatic amines is 1. The first-order chi connectivity index (χ1) is 10.2. The van der Waals surface area contributed by atoms with E-state index in [0.29, 0.717) is 12.1 Å². The number of carbonyl (C=O) groups excluding carboxylic acids is 1. The van der Waals surface area contributed by atoms with Crippen molar-refractivity contribution in [3.8, 4) is 0 Å². The van der Waals surface area contributed by atoms with Gasteiger partial charge in [0.15, 0.2) is 0 Å². The van der Waals surface area contributed by atoms with Gasteiger partial charge in [0.05, 0.1) is 6.54 Å². The van der Waals surface area contributed by atoms with Crippen LogP contribution in [0.1, 0.15) is 42.1 Å². The quantitative estimate of drug-likeness (QED) is 0.728. The average molecular weight is 287 g/mol. The van der Waals surface area contributed by atoms with Crippen LogP contribution in [-0.2, 0) is 13.0 Å². The summed E-state index contributed by atoms with van der Waals surface area (Å²) < 4.78 is 0. The van der Waals surface area contributed by atoms with Crippen molar-refractivity contribution < 1.29 is 4.79 Å². The van der Waals surface area contributed by atoms with E-state index in [4.69, 9.17) is 0 Å². The monoisotopic (exact) mass is 287 g/mol. The van der Waals surface area contributed by atoms with Gasteiger partial charge in [0.2, 0.25) is 0 Å². The molecule has 0 saturated heterocycles. The lowest BCUT2D eigenvalue weighted by Crippen LogP contribution is -2.24. The maximum absolute atomic E-state index is 12.2. The van der Waals surface area contributed by atoms with E-state index in [2.05, 4.69) is 32.5 Å². The van der Waals surface area contributed by atoms with Gasteiger partial charge in [0, 0.05) is 30.2 Å². The standard InChI is InChI=1S/C15H21N5O/c1-3-5-12-8-11(9-13(20-12)16-4-2)15(21)19-10-14-17-6-7-18-14/h6-9H,3-5,10H2,1-2H3,(H,16,20)(H,17,18)(H,19,21). The zero-order valence-electron chi connectivity index (χ0n) is 12.4. The molecule has 0 unspecified atom stereocenters. The lowest BCUT2D eigenvalue weighted by atomic mass is 10.1. The molecule has 2 rings (SSSR count). The maximum Gasteiger partial charge on any atom is 0.251 e. The highest BCUT2D eigenvalue weighted by Gasteiger charge is 2.10. The summed E-state index contributed by atoms with van der Waals surface area (Å²) in [7, 11) is 0. The number of H-pyrrole nitrogens is 1. The van der Waals surface area contributed by atoms with Crippen molar-refractivity contribution in [3.05, 3.63) is 41.6 Å². The summed E-state index contributed by atoms with van der Waals surface area (Å²) in [6, 6.07) is 3.63. The van der Waals surface area contributed by atoms with Gasteiger partial charge in [-0.3, -0.25) is 4.79 Å². The SMILES string of the molecule is CCCc1cc(C(=O)NCc2ncc[nH]2)cc(NCC)n1. The first-order valence-electron chi connectivity index (χ1n) is 7.24. The Bertz CT molecular complexity index is 556. The van der Waals surface area contributed by atoms with Gasteiger partial charge < -0.3 is 15.6 Å². The summed E-state index contributed by atoms with van der Waals surface area (Å²) in [6.07, 6.45) is 5.25. The number of hydrogen-bond acceptors (Lipinski definition) is 4. The molecule has 0 aliphatic heterocycles. The first-order valence-corrected chi connectivity index (χ1v) is 7.24. The third-order valence-corrected chi connectivity index (χ3v) is 2.98. The van der Waals surface area contributed by atoms with Crippen molar-refractivity contribution in [2.75, 3.05) is 11.9 Å². The largest absolute Gasteiger partial charge is 0.370 e. The second-order valence-corrected chi connectivity index (χ2v) is 4.73. The summed E-state index contributed by atoms with van der Waals surface area (Å²) in [5.41, 5.74) is 1.55. The molecule has 0 fully saturated rings. The van der Waals surface area contributed by atoms with Crippen LogP contribution in [0.5, 0.6) is 0 Å². The van der Waals surface area contributed by atoms with Crippen molar-refractivity contribution >= 4 is 11.7 Å². The highest BCUT2D eigenvalue weighted by molar-refractivity contribution is 5.94. The van der Waals surface area contributed by atoms with Crippen LogP contribution in [-0.4, -0.2) is 27.4 Å². The molecule has 0 atom stereocenters. The van der Waals surface area contributed by atoms with Crippen molar-refractivity contribution in [1.29, 1.82) is 0 Å². The molecule has 1 amide bonds. The Hall–Kier alpha value is -2.37. The number of amides is 1. The second kappa shape index (κ2) is 7.42. The molecule has 0 radical (unpaired) electrons. The Morgan fingerprint density at radius 3 is 2.86 bits per heavy atom. The molecule has 0 bridgehead atoms. The fourth-order valence-corrected chi connectivity index (χ4v) is 2.04. The summed E-state index contributed by atoms with van der Waals surface area (Å²) in [6.45, 7) is 5.26. The van der Waals surface area contributed by atoms with E-state index in [1.54, 1.807) is 18.5 Å². The zero-order chi connectivity index (χ0) is 15.1. The Kier molecular flexibility index (Phi) is 5.31. The van der Waals surface area contributed by atoms with E-state index in [9.17, 15) is 4.79 Å². The van der Waals surface area contributed by atoms with E-state index < -0.39 is 0 Å². The summed E-state index contributed by atoms with van der Waals surface area (Å²) >= 11 is 0. The van der Waals surface area contributed by atoms with Gasteiger partial charge in [0.25, 0.3) is 5.91 Å². The van der Waals surface area contributed by atoms with Crippen LogP contribution in [0.25, 0.3) is 0 Å². The molecule has 0 spiro atoms. The van der Waals surface area contributed by atoms with Gasteiger partial charge in [-0.15, -0.1) is 0 Å². The third-order valence-electron chi connectivity index (χ3n) is 2.98. The minimum atomic E-state index is -0.120. The van der Waals surface area contributed by atoms with Crippen LogP contribution in [0.15, 0.2) is 24.5 Å². The number of anilines is 1. The molecular formula is C15H21N5O. The molecule has 2 heterocycles. The number of nitrogens with zero attached hydrogens (tertiary/aromatic N) is 2. The lowest BCUT2D eigenvalue weighted by molar-refractivity contribution is 0.0950. The van der Waals surface area contributed by atoms with Crippen LogP contribution in [0.4, 0.5) is 5.82 Å². The van der Waals surface area contributed by atoms with E-state index in [0.717, 1.165) is 36.7 Å². The topological polar surface area (TPSA) is 82.7 Å². The molecule has 6 nitrogen and oxygen atoms in total. The normalized spacial score (nSPS) is 10.4. The number of aryl methyl sites for hydroxylation is 1. The fourth-order valence-electron chi connectivity index (χ4n) is 2.04. The molecule has 2 aromatic heterocycles. The predicted octanol–water partition coefficient (Wildman–Crippen LogP) is 2.12. The van der Waals surface area contributed by atoms with Crippen molar-refractivity contribution in [2.24, 2.45) is 0 Å². The molecule has 0 aromatic carbocycles. The fraction of sp³-hybridized carbons (Fsp3) is 0.400. The van der Waals surface area contributed by atoms with Crippen LogP contribution >= 0.6 is 0 Å².